The van der Waals surface area contributed by atoms with Gasteiger partial charge in [0.05, 0.1) is 29.4 Å². The molecule has 0 spiro atoms. The molecule has 0 aliphatic rings. The minimum atomic E-state index is -4.96. The first kappa shape index (κ1) is 25.3. The van der Waals surface area contributed by atoms with Crippen LogP contribution < -0.4 is 15.7 Å². The summed E-state index contributed by atoms with van der Waals surface area (Å²) < 4.78 is 44.5. The Bertz CT molecular complexity index is 1460. The third-order valence-corrected chi connectivity index (χ3v) is 4.74. The third kappa shape index (κ3) is 5.96. The molecule has 0 atom stereocenters. The van der Waals surface area contributed by atoms with Crippen LogP contribution in [0.15, 0.2) is 65.7 Å². The number of alkyl halides is 3. The van der Waals surface area contributed by atoms with E-state index < -0.39 is 23.7 Å². The molecule has 1 amide bonds. The van der Waals surface area contributed by atoms with Crippen molar-refractivity contribution in [3.63, 3.8) is 0 Å². The van der Waals surface area contributed by atoms with Gasteiger partial charge < -0.3 is 10.1 Å². The molecule has 0 aliphatic carbocycles. The average molecular weight is 505 g/mol. The van der Waals surface area contributed by atoms with E-state index in [2.05, 4.69) is 20.1 Å². The lowest BCUT2D eigenvalue weighted by Gasteiger charge is -2.14. The van der Waals surface area contributed by atoms with Crippen molar-refractivity contribution in [3.05, 3.63) is 93.8 Å². The quantitative estimate of drug-likeness (QED) is 0.431. The summed E-state index contributed by atoms with van der Waals surface area (Å²) >= 11 is 0. The number of carbonyl (C=O) groups is 1. The Balaban J connectivity index is 0.00000342. The minimum Gasteiger partial charge on any atom is -0.405 e. The van der Waals surface area contributed by atoms with Gasteiger partial charge in [0.15, 0.2) is 5.65 Å². The standard InChI is InChI=1S/C22H15F3N6O3.ClH/c23-22(24,25)34-18-9-14(10-26)4-5-15(18)11-28-20(32)16-6-7-19-29-31(21(33)30(19)12-16)13-17-3-1-2-8-27-17;/h1-9,12H,11,13H2,(H,28,32);1H. The van der Waals surface area contributed by atoms with Gasteiger partial charge in [-0.1, -0.05) is 12.1 Å². The zero-order valence-corrected chi connectivity index (χ0v) is 18.5. The molecule has 9 nitrogen and oxygen atoms in total. The third-order valence-electron chi connectivity index (χ3n) is 4.74. The van der Waals surface area contributed by atoms with Crippen molar-refractivity contribution in [1.82, 2.24) is 24.5 Å². The lowest BCUT2D eigenvalue weighted by atomic mass is 10.1. The number of aromatic nitrogens is 4. The van der Waals surface area contributed by atoms with E-state index in [0.717, 1.165) is 6.07 Å². The number of rotatable bonds is 6. The molecule has 0 saturated heterocycles. The van der Waals surface area contributed by atoms with Crippen molar-refractivity contribution in [2.45, 2.75) is 19.5 Å². The van der Waals surface area contributed by atoms with E-state index in [-0.39, 0.29) is 42.2 Å². The number of fused-ring (bicyclic) bond motifs is 1. The molecule has 1 N–H and O–H groups in total. The minimum absolute atomic E-state index is 0. The highest BCUT2D eigenvalue weighted by Crippen LogP contribution is 2.27. The summed E-state index contributed by atoms with van der Waals surface area (Å²) in [6.45, 7) is -0.161. The van der Waals surface area contributed by atoms with Crippen LogP contribution in [0.25, 0.3) is 5.65 Å². The summed E-state index contributed by atoms with van der Waals surface area (Å²) in [6, 6.07) is 13.4. The molecule has 180 valence electrons. The first-order valence-corrected chi connectivity index (χ1v) is 9.79. The predicted molar refractivity (Wildman–Crippen MR) is 119 cm³/mol. The number of nitrogens with one attached hydrogen (secondary N) is 1. The number of carbonyl (C=O) groups excluding carboxylic acids is 1. The van der Waals surface area contributed by atoms with Gasteiger partial charge in [-0.2, -0.15) is 5.26 Å². The Morgan fingerprint density at radius 3 is 2.66 bits per heavy atom. The number of ether oxygens (including phenoxy) is 1. The molecular formula is C22H16ClF3N6O3. The zero-order valence-electron chi connectivity index (χ0n) is 17.7. The maximum Gasteiger partial charge on any atom is 0.573 e. The molecule has 0 unspecified atom stereocenters. The fourth-order valence-corrected chi connectivity index (χ4v) is 3.17. The highest BCUT2D eigenvalue weighted by molar-refractivity contribution is 5.94. The van der Waals surface area contributed by atoms with Gasteiger partial charge in [-0.3, -0.25) is 9.78 Å². The maximum absolute atomic E-state index is 12.7. The highest BCUT2D eigenvalue weighted by atomic mass is 35.5. The van der Waals surface area contributed by atoms with Gasteiger partial charge in [-0.15, -0.1) is 30.7 Å². The van der Waals surface area contributed by atoms with E-state index >= 15 is 0 Å². The molecule has 0 bridgehead atoms. The lowest BCUT2D eigenvalue weighted by Crippen LogP contribution is -2.26. The second-order valence-corrected chi connectivity index (χ2v) is 7.07. The van der Waals surface area contributed by atoms with E-state index in [4.69, 9.17) is 5.26 Å². The molecule has 1 aromatic carbocycles. The van der Waals surface area contributed by atoms with Gasteiger partial charge in [0.25, 0.3) is 5.91 Å². The Labute approximate surface area is 201 Å². The van der Waals surface area contributed by atoms with E-state index in [0.29, 0.717) is 11.3 Å². The molecule has 0 aliphatic heterocycles. The van der Waals surface area contributed by atoms with Gasteiger partial charge in [0.2, 0.25) is 0 Å². The fraction of sp³-hybridized carbons (Fsp3) is 0.136. The second kappa shape index (κ2) is 10.3. The monoisotopic (exact) mass is 504 g/mol. The lowest BCUT2D eigenvalue weighted by molar-refractivity contribution is -0.274. The van der Waals surface area contributed by atoms with E-state index in [1.807, 2.05) is 0 Å². The van der Waals surface area contributed by atoms with Gasteiger partial charge >= 0.3 is 12.1 Å². The van der Waals surface area contributed by atoms with Crippen LogP contribution in [0.4, 0.5) is 13.2 Å². The van der Waals surface area contributed by atoms with Crippen molar-refractivity contribution >= 4 is 24.0 Å². The Morgan fingerprint density at radius 2 is 1.97 bits per heavy atom. The number of halogens is 4. The number of nitriles is 1. The number of amides is 1. The van der Waals surface area contributed by atoms with Crippen LogP contribution in [0, 0.1) is 11.3 Å². The first-order chi connectivity index (χ1) is 16.2. The van der Waals surface area contributed by atoms with Gasteiger partial charge in [0.1, 0.15) is 5.75 Å². The summed E-state index contributed by atoms with van der Waals surface area (Å²) in [6.07, 6.45) is -2.08. The Hall–Kier alpha value is -4.37. The first-order valence-electron chi connectivity index (χ1n) is 9.79. The predicted octanol–water partition coefficient (Wildman–Crippen LogP) is 3.06. The molecular weight excluding hydrogens is 489 g/mol. The second-order valence-electron chi connectivity index (χ2n) is 7.07. The van der Waals surface area contributed by atoms with Crippen LogP contribution in [0.5, 0.6) is 5.75 Å². The van der Waals surface area contributed by atoms with Gasteiger partial charge in [0, 0.05) is 24.5 Å². The normalized spacial score (nSPS) is 10.9. The van der Waals surface area contributed by atoms with Crippen LogP contribution in [0.3, 0.4) is 0 Å². The van der Waals surface area contributed by atoms with Crippen LogP contribution in [0.1, 0.15) is 27.2 Å². The van der Waals surface area contributed by atoms with Crippen molar-refractivity contribution in [3.8, 4) is 11.8 Å². The summed E-state index contributed by atoms with van der Waals surface area (Å²) in [5.41, 5.74) is 0.547. The fourth-order valence-electron chi connectivity index (χ4n) is 3.17. The topological polar surface area (TPSA) is 114 Å². The molecule has 0 radical (unpaired) electrons. The van der Waals surface area contributed by atoms with Crippen LogP contribution in [-0.4, -0.2) is 31.4 Å². The van der Waals surface area contributed by atoms with Crippen molar-refractivity contribution < 1.29 is 22.7 Å². The molecule has 35 heavy (non-hydrogen) atoms. The van der Waals surface area contributed by atoms with E-state index in [1.54, 1.807) is 30.5 Å². The van der Waals surface area contributed by atoms with Crippen LogP contribution >= 0.6 is 12.4 Å². The largest absolute Gasteiger partial charge is 0.573 e. The Kier molecular flexibility index (Phi) is 7.41. The van der Waals surface area contributed by atoms with Crippen molar-refractivity contribution in [2.75, 3.05) is 0 Å². The molecule has 4 rings (SSSR count). The summed E-state index contributed by atoms with van der Waals surface area (Å²) in [4.78, 5) is 29.4. The molecule has 3 aromatic heterocycles. The molecule has 0 saturated carbocycles. The number of nitrogens with zero attached hydrogens (tertiary/aromatic N) is 5. The van der Waals surface area contributed by atoms with Crippen LogP contribution in [0.2, 0.25) is 0 Å². The molecule has 3 heterocycles. The zero-order chi connectivity index (χ0) is 24.3. The molecule has 4 aromatic rings. The number of hydrogen-bond acceptors (Lipinski definition) is 6. The van der Waals surface area contributed by atoms with Crippen LogP contribution in [-0.2, 0) is 13.1 Å². The molecule has 0 fully saturated rings. The smallest absolute Gasteiger partial charge is 0.405 e. The van der Waals surface area contributed by atoms with Gasteiger partial charge in [-0.25, -0.2) is 13.9 Å². The highest BCUT2D eigenvalue weighted by Gasteiger charge is 2.32. The van der Waals surface area contributed by atoms with E-state index in [1.165, 1.54) is 39.5 Å². The number of pyridine rings is 2. The number of benzene rings is 1. The Morgan fingerprint density at radius 1 is 1.17 bits per heavy atom. The number of hydrogen-bond donors (Lipinski definition) is 1. The summed E-state index contributed by atoms with van der Waals surface area (Å²) in [5, 5.41) is 15.6. The summed E-state index contributed by atoms with van der Waals surface area (Å²) in [7, 11) is 0. The molecule has 13 heteroatoms. The van der Waals surface area contributed by atoms with Crippen molar-refractivity contribution in [2.24, 2.45) is 0 Å². The SMILES string of the molecule is Cl.N#Cc1ccc(CNC(=O)c2ccc3nn(Cc4ccccn4)c(=O)n3c2)c(OC(F)(F)F)c1. The average Bonchev–Trinajstić information content (AvgIpc) is 3.12. The van der Waals surface area contributed by atoms with Crippen molar-refractivity contribution in [1.29, 1.82) is 5.26 Å². The maximum atomic E-state index is 12.7. The summed E-state index contributed by atoms with van der Waals surface area (Å²) in [5.74, 6) is -1.22. The van der Waals surface area contributed by atoms with Gasteiger partial charge in [-0.05, 0) is 36.4 Å². The van der Waals surface area contributed by atoms with E-state index in [9.17, 15) is 22.8 Å².